The topological polar surface area (TPSA) is 28.5 Å². The van der Waals surface area contributed by atoms with Gasteiger partial charge < -0.3 is 14.4 Å². The molecule has 2 aromatic carbocycles. The Kier molecular flexibility index (Phi) is 5.81. The average molecular weight is 430 g/mol. The number of nitrogens with zero attached hydrogens (tertiary/aromatic N) is 3. The number of hydrogen-bond donors (Lipinski definition) is 0. The second kappa shape index (κ2) is 8.74. The predicted molar refractivity (Wildman–Crippen MR) is 133 cm³/mol. The monoisotopic (exact) mass is 429 g/mol. The predicted octanol–water partition coefficient (Wildman–Crippen LogP) is 5.90. The molecule has 1 atom stereocenters. The summed E-state index contributed by atoms with van der Waals surface area (Å²) >= 11 is 0. The second-order valence-corrected chi connectivity index (χ2v) is 9.94. The summed E-state index contributed by atoms with van der Waals surface area (Å²) in [6.07, 6.45) is 6.51. The maximum atomic E-state index is 13.6. The maximum Gasteiger partial charge on any atom is 0.231 e. The number of likely N-dealkylation sites (N-methyl/N-ethyl adjacent to an activating group) is 1. The van der Waals surface area contributed by atoms with Gasteiger partial charge in [-0.25, -0.2) is 0 Å². The van der Waals surface area contributed by atoms with Crippen molar-refractivity contribution in [1.82, 2.24) is 9.47 Å². The summed E-state index contributed by atoms with van der Waals surface area (Å²) in [5, 5.41) is 1.38. The van der Waals surface area contributed by atoms with Gasteiger partial charge in [-0.1, -0.05) is 62.6 Å². The van der Waals surface area contributed by atoms with E-state index in [0.717, 1.165) is 18.8 Å². The molecule has 0 spiro atoms. The fourth-order valence-corrected chi connectivity index (χ4v) is 5.79. The van der Waals surface area contributed by atoms with E-state index < -0.39 is 0 Å². The summed E-state index contributed by atoms with van der Waals surface area (Å²) < 4.78 is 2.46. The molecule has 32 heavy (non-hydrogen) atoms. The highest BCUT2D eigenvalue weighted by molar-refractivity contribution is 6.02. The fraction of sp³-hybridized carbons (Fsp3) is 0.464. The molecule has 2 heterocycles. The van der Waals surface area contributed by atoms with Crippen LogP contribution >= 0.6 is 0 Å². The average Bonchev–Trinajstić information content (AvgIpc) is 3.13. The number of para-hydroxylation sites is 2. The lowest BCUT2D eigenvalue weighted by Gasteiger charge is -2.33. The van der Waals surface area contributed by atoms with Crippen molar-refractivity contribution in [2.75, 3.05) is 32.1 Å². The van der Waals surface area contributed by atoms with Crippen LogP contribution in [0.2, 0.25) is 0 Å². The Labute approximate surface area is 191 Å². The Bertz CT molecular complexity index is 1120. The molecule has 1 saturated carbocycles. The minimum absolute atomic E-state index is 0.0701. The Hall–Kier alpha value is -2.59. The number of amides is 1. The van der Waals surface area contributed by atoms with Gasteiger partial charge in [0.25, 0.3) is 0 Å². The first-order valence-electron chi connectivity index (χ1n) is 12.2. The van der Waals surface area contributed by atoms with E-state index in [1.165, 1.54) is 59.8 Å². The van der Waals surface area contributed by atoms with Gasteiger partial charge in [0.1, 0.15) is 0 Å². The van der Waals surface area contributed by atoms with Crippen molar-refractivity contribution >= 4 is 22.5 Å². The van der Waals surface area contributed by atoms with Gasteiger partial charge in [-0.15, -0.1) is 0 Å². The number of fused-ring (bicyclic) bond motifs is 5. The van der Waals surface area contributed by atoms with Crippen LogP contribution in [0.4, 0.5) is 5.69 Å². The number of benzene rings is 2. The van der Waals surface area contributed by atoms with Crippen molar-refractivity contribution in [2.24, 2.45) is 5.92 Å². The van der Waals surface area contributed by atoms with E-state index in [4.69, 9.17) is 0 Å². The molecule has 3 aromatic rings. The van der Waals surface area contributed by atoms with Crippen molar-refractivity contribution in [2.45, 2.75) is 51.5 Å². The molecule has 1 aliphatic carbocycles. The largest absolute Gasteiger partial charge is 0.339 e. The number of hydrogen-bond acceptors (Lipinski definition) is 2. The van der Waals surface area contributed by atoms with Crippen molar-refractivity contribution in [3.63, 3.8) is 0 Å². The highest BCUT2D eigenvalue weighted by Crippen LogP contribution is 2.47. The maximum absolute atomic E-state index is 13.6. The van der Waals surface area contributed by atoms with Gasteiger partial charge in [0.2, 0.25) is 5.91 Å². The Morgan fingerprint density at radius 2 is 1.69 bits per heavy atom. The molecule has 1 aliphatic heterocycles. The lowest BCUT2D eigenvalue weighted by atomic mass is 9.81. The number of aromatic nitrogens is 1. The number of carbonyl (C=O) groups is 1. The zero-order valence-corrected chi connectivity index (χ0v) is 19.7. The Morgan fingerprint density at radius 1 is 0.969 bits per heavy atom. The van der Waals surface area contributed by atoms with Crippen LogP contribution in [0.1, 0.15) is 50.5 Å². The van der Waals surface area contributed by atoms with Gasteiger partial charge in [0, 0.05) is 36.1 Å². The fourth-order valence-electron chi connectivity index (χ4n) is 5.79. The molecule has 4 nitrogen and oxygen atoms in total. The molecule has 5 rings (SSSR count). The molecule has 2 aliphatic rings. The van der Waals surface area contributed by atoms with E-state index in [0.29, 0.717) is 12.5 Å². The first-order chi connectivity index (χ1) is 15.6. The molecule has 1 aromatic heterocycles. The van der Waals surface area contributed by atoms with Crippen LogP contribution in [0, 0.1) is 5.92 Å². The SMILES string of the molecule is CC1Cn2c(c(C3CCCCC3)c3ccccc32)-c2ccccc2N(CCN(C)C)C1=O. The minimum Gasteiger partial charge on any atom is -0.339 e. The number of anilines is 1. The molecule has 0 N–H and O–H groups in total. The van der Waals surface area contributed by atoms with Crippen molar-refractivity contribution in [1.29, 1.82) is 0 Å². The lowest BCUT2D eigenvalue weighted by Crippen LogP contribution is -2.42. The normalized spacial score (nSPS) is 19.7. The zero-order chi connectivity index (χ0) is 22.2. The van der Waals surface area contributed by atoms with Gasteiger partial charge in [0.15, 0.2) is 0 Å². The zero-order valence-electron chi connectivity index (χ0n) is 19.7. The molecular formula is C28H35N3O. The second-order valence-electron chi connectivity index (χ2n) is 9.94. The summed E-state index contributed by atoms with van der Waals surface area (Å²) in [7, 11) is 4.14. The summed E-state index contributed by atoms with van der Waals surface area (Å²) in [5.74, 6) is 0.750. The van der Waals surface area contributed by atoms with E-state index >= 15 is 0 Å². The van der Waals surface area contributed by atoms with Crippen LogP contribution in [0.5, 0.6) is 0 Å². The third-order valence-electron chi connectivity index (χ3n) is 7.39. The summed E-state index contributed by atoms with van der Waals surface area (Å²) in [5.41, 5.74) is 6.42. The Balaban J connectivity index is 1.77. The van der Waals surface area contributed by atoms with E-state index in [2.05, 4.69) is 79.0 Å². The van der Waals surface area contributed by atoms with E-state index in [-0.39, 0.29) is 11.8 Å². The summed E-state index contributed by atoms with van der Waals surface area (Å²) in [4.78, 5) is 17.8. The molecule has 4 heteroatoms. The molecule has 1 unspecified atom stereocenters. The third kappa shape index (κ3) is 3.65. The van der Waals surface area contributed by atoms with Crippen LogP contribution in [0.25, 0.3) is 22.2 Å². The molecule has 0 saturated heterocycles. The van der Waals surface area contributed by atoms with Gasteiger partial charge >= 0.3 is 0 Å². The first kappa shape index (κ1) is 21.3. The summed E-state index contributed by atoms with van der Waals surface area (Å²) in [6.45, 7) is 4.39. The van der Waals surface area contributed by atoms with Crippen molar-refractivity contribution < 1.29 is 4.79 Å². The Morgan fingerprint density at radius 3 is 2.47 bits per heavy atom. The summed E-state index contributed by atoms with van der Waals surface area (Å²) in [6, 6.07) is 17.4. The van der Waals surface area contributed by atoms with Crippen LogP contribution in [0.3, 0.4) is 0 Å². The molecule has 1 amide bonds. The van der Waals surface area contributed by atoms with Crippen molar-refractivity contribution in [3.05, 3.63) is 54.1 Å². The quantitative estimate of drug-likeness (QED) is 0.516. The van der Waals surface area contributed by atoms with Crippen LogP contribution < -0.4 is 4.90 Å². The standard InChI is InChI=1S/C28H35N3O/c1-20-19-31-24-15-9-7-13-22(24)26(21-11-5-4-6-12-21)27(31)23-14-8-10-16-25(23)30(28(20)32)18-17-29(2)3/h7-10,13-16,20-21H,4-6,11-12,17-19H2,1-3H3. The lowest BCUT2D eigenvalue weighted by molar-refractivity contribution is -0.122. The van der Waals surface area contributed by atoms with Crippen LogP contribution in [0.15, 0.2) is 48.5 Å². The van der Waals surface area contributed by atoms with Gasteiger partial charge in [-0.2, -0.15) is 0 Å². The van der Waals surface area contributed by atoms with Gasteiger partial charge in [-0.3, -0.25) is 4.79 Å². The molecule has 0 bridgehead atoms. The van der Waals surface area contributed by atoms with Crippen molar-refractivity contribution in [3.8, 4) is 11.3 Å². The van der Waals surface area contributed by atoms with E-state index in [1.807, 2.05) is 4.90 Å². The van der Waals surface area contributed by atoms with E-state index in [1.54, 1.807) is 0 Å². The molecular weight excluding hydrogens is 394 g/mol. The molecule has 0 radical (unpaired) electrons. The minimum atomic E-state index is -0.0701. The van der Waals surface area contributed by atoms with Gasteiger partial charge in [-0.05, 0) is 50.6 Å². The number of rotatable bonds is 4. The van der Waals surface area contributed by atoms with Crippen LogP contribution in [-0.4, -0.2) is 42.6 Å². The first-order valence-corrected chi connectivity index (χ1v) is 12.2. The smallest absolute Gasteiger partial charge is 0.231 e. The van der Waals surface area contributed by atoms with Crippen LogP contribution in [-0.2, 0) is 11.3 Å². The number of carbonyl (C=O) groups excluding carboxylic acids is 1. The highest BCUT2D eigenvalue weighted by Gasteiger charge is 2.33. The third-order valence-corrected chi connectivity index (χ3v) is 7.39. The highest BCUT2D eigenvalue weighted by atomic mass is 16.2. The van der Waals surface area contributed by atoms with Gasteiger partial charge in [0.05, 0.1) is 17.3 Å². The molecule has 1 fully saturated rings. The molecule has 168 valence electrons. The van der Waals surface area contributed by atoms with E-state index in [9.17, 15) is 4.79 Å².